The lowest BCUT2D eigenvalue weighted by Crippen LogP contribution is -2.26. The van der Waals surface area contributed by atoms with Crippen molar-refractivity contribution in [3.63, 3.8) is 0 Å². The minimum atomic E-state index is -0.226. The topological polar surface area (TPSA) is 59.2 Å². The molecule has 2 aromatic rings. The monoisotopic (exact) mass is 250 g/mol. The minimum Gasteiger partial charge on any atom is -0.393 e. The summed E-state index contributed by atoms with van der Waals surface area (Å²) < 4.78 is 5.20. The fourth-order valence-electron chi connectivity index (χ4n) is 1.94. The Morgan fingerprint density at radius 3 is 2.76 bits per heavy atom. The highest BCUT2D eigenvalue weighted by Crippen LogP contribution is 2.36. The van der Waals surface area contributed by atoms with Crippen molar-refractivity contribution in [1.82, 2.24) is 10.1 Å². The summed E-state index contributed by atoms with van der Waals surface area (Å²) in [6.07, 6.45) is 1.17. The molecule has 88 valence electrons. The molecule has 0 bridgehead atoms. The molecule has 0 amide bonds. The van der Waals surface area contributed by atoms with Crippen LogP contribution in [-0.4, -0.2) is 21.4 Å². The molecular weight excluding hydrogens is 240 g/mol. The number of nitrogens with zero attached hydrogens (tertiary/aromatic N) is 2. The van der Waals surface area contributed by atoms with Crippen LogP contribution in [0.1, 0.15) is 24.7 Å². The van der Waals surface area contributed by atoms with Gasteiger partial charge in [0.2, 0.25) is 11.7 Å². The second-order valence-corrected chi connectivity index (χ2v) is 4.67. The molecule has 1 aromatic heterocycles. The van der Waals surface area contributed by atoms with Gasteiger partial charge in [0, 0.05) is 11.5 Å². The minimum absolute atomic E-state index is 0.189. The van der Waals surface area contributed by atoms with Gasteiger partial charge in [-0.2, -0.15) is 4.98 Å². The number of aliphatic hydroxyl groups is 1. The van der Waals surface area contributed by atoms with Gasteiger partial charge in [0.05, 0.1) is 11.1 Å². The number of benzene rings is 1. The zero-order valence-corrected chi connectivity index (χ0v) is 9.76. The van der Waals surface area contributed by atoms with E-state index in [9.17, 15) is 5.11 Å². The molecule has 17 heavy (non-hydrogen) atoms. The maximum atomic E-state index is 9.24. The lowest BCUT2D eigenvalue weighted by atomic mass is 9.82. The number of aromatic nitrogens is 2. The summed E-state index contributed by atoms with van der Waals surface area (Å²) in [5.41, 5.74) is 0.768. The van der Waals surface area contributed by atoms with E-state index in [4.69, 9.17) is 16.1 Å². The fraction of sp³-hybridized carbons (Fsp3) is 0.333. The quantitative estimate of drug-likeness (QED) is 0.890. The maximum absolute atomic E-state index is 9.24. The van der Waals surface area contributed by atoms with E-state index >= 15 is 0 Å². The summed E-state index contributed by atoms with van der Waals surface area (Å²) in [6.45, 7) is 0. The Morgan fingerprint density at radius 1 is 1.29 bits per heavy atom. The molecule has 1 aliphatic rings. The van der Waals surface area contributed by atoms with E-state index in [1.807, 2.05) is 18.2 Å². The van der Waals surface area contributed by atoms with E-state index in [0.29, 0.717) is 29.6 Å². The van der Waals surface area contributed by atoms with Gasteiger partial charge in [-0.1, -0.05) is 28.9 Å². The van der Waals surface area contributed by atoms with Gasteiger partial charge in [0.1, 0.15) is 0 Å². The molecule has 0 saturated heterocycles. The zero-order valence-electron chi connectivity index (χ0n) is 9.01. The van der Waals surface area contributed by atoms with E-state index in [2.05, 4.69) is 10.1 Å². The summed E-state index contributed by atoms with van der Waals surface area (Å²) in [6, 6.07) is 7.38. The van der Waals surface area contributed by atoms with E-state index in [0.717, 1.165) is 5.56 Å². The number of halogens is 1. The van der Waals surface area contributed by atoms with Gasteiger partial charge in [0.25, 0.3) is 0 Å². The lowest BCUT2D eigenvalue weighted by Gasteiger charge is -2.27. The standard InChI is InChI=1S/C12H11ClN2O2/c13-10-4-2-1-3-9(10)11-14-12(17-15-11)7-5-8(16)6-7/h1-4,7-8,16H,5-6H2. The van der Waals surface area contributed by atoms with Crippen LogP contribution in [0.5, 0.6) is 0 Å². The van der Waals surface area contributed by atoms with E-state index in [1.165, 1.54) is 0 Å². The summed E-state index contributed by atoms with van der Waals surface area (Å²) in [5.74, 6) is 1.28. The van der Waals surface area contributed by atoms with Gasteiger partial charge in [0.15, 0.2) is 0 Å². The van der Waals surface area contributed by atoms with Gasteiger partial charge >= 0.3 is 0 Å². The van der Waals surface area contributed by atoms with E-state index in [1.54, 1.807) is 6.07 Å². The van der Waals surface area contributed by atoms with Gasteiger partial charge in [-0.05, 0) is 25.0 Å². The van der Waals surface area contributed by atoms with Crippen LogP contribution in [0.15, 0.2) is 28.8 Å². The van der Waals surface area contributed by atoms with Gasteiger partial charge in [-0.3, -0.25) is 0 Å². The van der Waals surface area contributed by atoms with Gasteiger partial charge in [-0.25, -0.2) is 0 Å². The first-order valence-corrected chi connectivity index (χ1v) is 5.88. The fourth-order valence-corrected chi connectivity index (χ4v) is 2.16. The van der Waals surface area contributed by atoms with E-state index in [-0.39, 0.29) is 12.0 Å². The van der Waals surface area contributed by atoms with Crippen LogP contribution in [0.25, 0.3) is 11.4 Å². The molecule has 1 heterocycles. The first kappa shape index (κ1) is 10.7. The first-order valence-electron chi connectivity index (χ1n) is 5.50. The van der Waals surface area contributed by atoms with Crippen LogP contribution in [0.3, 0.4) is 0 Å². The van der Waals surface area contributed by atoms with Gasteiger partial charge in [-0.15, -0.1) is 0 Å². The Kier molecular flexibility index (Phi) is 2.61. The molecule has 1 N–H and O–H groups in total. The van der Waals surface area contributed by atoms with E-state index < -0.39 is 0 Å². The third kappa shape index (κ3) is 1.94. The average Bonchev–Trinajstić information content (AvgIpc) is 2.74. The van der Waals surface area contributed by atoms with Crippen LogP contribution in [0, 0.1) is 0 Å². The number of rotatable bonds is 2. The second-order valence-electron chi connectivity index (χ2n) is 4.26. The predicted molar refractivity (Wildman–Crippen MR) is 62.7 cm³/mol. The predicted octanol–water partition coefficient (Wildman–Crippen LogP) is 2.63. The molecule has 1 aromatic carbocycles. The zero-order chi connectivity index (χ0) is 11.8. The molecule has 0 unspecified atom stereocenters. The molecule has 0 spiro atoms. The molecule has 0 atom stereocenters. The van der Waals surface area contributed by atoms with Crippen LogP contribution in [0.4, 0.5) is 0 Å². The Labute approximate surface area is 103 Å². The van der Waals surface area contributed by atoms with Crippen LogP contribution in [0.2, 0.25) is 5.02 Å². The summed E-state index contributed by atoms with van der Waals surface area (Å²) in [7, 11) is 0. The largest absolute Gasteiger partial charge is 0.393 e. The van der Waals surface area contributed by atoms with Crippen molar-refractivity contribution in [2.24, 2.45) is 0 Å². The maximum Gasteiger partial charge on any atom is 0.230 e. The highest BCUT2D eigenvalue weighted by Gasteiger charge is 2.33. The van der Waals surface area contributed by atoms with Crippen LogP contribution < -0.4 is 0 Å². The van der Waals surface area contributed by atoms with Crippen LogP contribution >= 0.6 is 11.6 Å². The SMILES string of the molecule is OC1CC(c2nc(-c3ccccc3Cl)no2)C1. The Hall–Kier alpha value is -1.39. The molecule has 0 radical (unpaired) electrons. The van der Waals surface area contributed by atoms with Gasteiger partial charge < -0.3 is 9.63 Å². The molecule has 1 aliphatic carbocycles. The second kappa shape index (κ2) is 4.13. The van der Waals surface area contributed by atoms with Crippen molar-refractivity contribution < 1.29 is 9.63 Å². The highest BCUT2D eigenvalue weighted by molar-refractivity contribution is 6.33. The van der Waals surface area contributed by atoms with Crippen molar-refractivity contribution >= 4 is 11.6 Å². The third-order valence-electron chi connectivity index (χ3n) is 3.02. The average molecular weight is 251 g/mol. The van der Waals surface area contributed by atoms with Crippen molar-refractivity contribution in [2.45, 2.75) is 24.9 Å². The highest BCUT2D eigenvalue weighted by atomic mass is 35.5. The van der Waals surface area contributed by atoms with Crippen molar-refractivity contribution in [3.8, 4) is 11.4 Å². The number of hydrogen-bond acceptors (Lipinski definition) is 4. The first-order chi connectivity index (χ1) is 8.24. The summed E-state index contributed by atoms with van der Waals surface area (Å²) >= 11 is 6.06. The molecule has 5 heteroatoms. The Morgan fingerprint density at radius 2 is 2.06 bits per heavy atom. The van der Waals surface area contributed by atoms with Crippen molar-refractivity contribution in [3.05, 3.63) is 35.2 Å². The molecule has 1 saturated carbocycles. The smallest absolute Gasteiger partial charge is 0.230 e. The molecule has 3 rings (SSSR count). The third-order valence-corrected chi connectivity index (χ3v) is 3.35. The van der Waals surface area contributed by atoms with Crippen molar-refractivity contribution in [1.29, 1.82) is 0 Å². The molecule has 0 aliphatic heterocycles. The normalized spacial score (nSPS) is 23.4. The van der Waals surface area contributed by atoms with Crippen LogP contribution in [-0.2, 0) is 0 Å². The lowest BCUT2D eigenvalue weighted by molar-refractivity contribution is 0.0625. The number of aliphatic hydroxyl groups excluding tert-OH is 1. The Bertz CT molecular complexity index is 535. The number of hydrogen-bond donors (Lipinski definition) is 1. The van der Waals surface area contributed by atoms with Crippen molar-refractivity contribution in [2.75, 3.05) is 0 Å². The molecular formula is C12H11ClN2O2. The molecule has 1 fully saturated rings. The summed E-state index contributed by atoms with van der Waals surface area (Å²) in [5, 5.41) is 13.8. The molecule has 4 nitrogen and oxygen atoms in total. The Balaban J connectivity index is 1.88. The summed E-state index contributed by atoms with van der Waals surface area (Å²) in [4.78, 5) is 4.32.